The summed E-state index contributed by atoms with van der Waals surface area (Å²) in [7, 11) is -6.73. The van der Waals surface area contributed by atoms with Crippen molar-refractivity contribution in [1.82, 2.24) is 18.9 Å². The topological polar surface area (TPSA) is 247 Å². The number of hydrogen-bond acceptors (Lipinski definition) is 20. The molecule has 32 heteroatoms. The highest BCUT2D eigenvalue weighted by Crippen LogP contribution is 2.47. The van der Waals surface area contributed by atoms with E-state index in [1.807, 2.05) is 128 Å². The van der Waals surface area contributed by atoms with Crippen LogP contribution in [-0.2, 0) is 48.7 Å². The molecule has 4 fully saturated rings. The van der Waals surface area contributed by atoms with E-state index in [1.165, 1.54) is 47.4 Å². The minimum Gasteiger partial charge on any atom is -0.465 e. The molecule has 4 aliphatic rings. The van der Waals surface area contributed by atoms with E-state index in [0.717, 1.165) is 129 Å². The van der Waals surface area contributed by atoms with Gasteiger partial charge in [0.05, 0.1) is 61.7 Å². The number of aliphatic hydroxyl groups is 2. The Morgan fingerprint density at radius 2 is 0.934 bits per heavy atom. The van der Waals surface area contributed by atoms with Crippen LogP contribution in [0, 0.1) is 45.1 Å². The van der Waals surface area contributed by atoms with E-state index in [-0.39, 0.29) is 55.3 Å². The van der Waals surface area contributed by atoms with Crippen LogP contribution < -0.4 is 39.7 Å². The lowest BCUT2D eigenvalue weighted by molar-refractivity contribution is -0.00557. The average Bonchev–Trinajstić information content (AvgIpc) is 1.58. The third-order valence-electron chi connectivity index (χ3n) is 26.2. The van der Waals surface area contributed by atoms with Crippen molar-refractivity contribution in [3.8, 4) is 44.8 Å². The first-order chi connectivity index (χ1) is 65.0. The third kappa shape index (κ3) is 24.2. The van der Waals surface area contributed by atoms with Crippen LogP contribution in [0.2, 0.25) is 10.0 Å². The number of likely N-dealkylation sites (tertiary alicyclic amines) is 2. The number of aryl methyl sites for hydroxylation is 2. The number of anilines is 8. The number of ether oxygens (including phenoxy) is 1. The number of sulfonamides is 2. The number of sulfone groups is 1. The summed E-state index contributed by atoms with van der Waals surface area (Å²) >= 11 is 16.0. The third-order valence-corrected chi connectivity index (χ3v) is 33.1. The van der Waals surface area contributed by atoms with Gasteiger partial charge in [-0.1, -0.05) is 83.9 Å². The molecule has 0 unspecified atom stereocenters. The minimum atomic E-state index is -3.92. The lowest BCUT2D eigenvalue weighted by atomic mass is 9.94. The lowest BCUT2D eigenvalue weighted by Crippen LogP contribution is -2.46. The SMILES string of the molecule is COC(=O)c1c(-c2c(F)ccc(N3CCN(c4ccc(NS(=O)(=O)c5ccc(N[C@H](CCN6CCC(O)CC6)CSc6ccccc6)c(C)c5)cc4)CC3)c2F)c(-c2ccc(Cl)cc2)n(C)c1C.Cc1cc(S(=O)(=O)Nc2ccc(N3CCN(c4cc(F)cc(-c5c(S(C)(=O)=O)c(C)n(C)c5-c5ccc(Cl)cc5)c4)CC3)cc2)ccc1N[C@H](CCN1CCC(C)(O)CC1)CSc1ccccc1. The Balaban J connectivity index is 0.000000207. The number of halogens is 5. The molecule has 0 spiro atoms. The number of carbonyl (C=O) groups excluding carboxylic acids is 1. The van der Waals surface area contributed by atoms with Gasteiger partial charge in [0.2, 0.25) is 0 Å². The lowest BCUT2D eigenvalue weighted by Gasteiger charge is -2.37. The largest absolute Gasteiger partial charge is 0.465 e. The summed E-state index contributed by atoms with van der Waals surface area (Å²) in [5.41, 5.74) is 10.7. The van der Waals surface area contributed by atoms with Gasteiger partial charge in [-0.15, -0.1) is 23.5 Å². The Hall–Kier alpha value is -10.6. The number of aromatic nitrogens is 2. The number of piperazine rings is 2. The first-order valence-corrected chi connectivity index (χ1v) is 53.3. The van der Waals surface area contributed by atoms with Gasteiger partial charge < -0.3 is 64.1 Å². The molecule has 6 heterocycles. The Labute approximate surface area is 815 Å². The molecule has 2 atom stereocenters. The van der Waals surface area contributed by atoms with Crippen molar-refractivity contribution in [3.05, 3.63) is 280 Å². The van der Waals surface area contributed by atoms with Gasteiger partial charge >= 0.3 is 5.97 Å². The van der Waals surface area contributed by atoms with Crippen molar-refractivity contribution >= 4 is 128 Å². The molecule has 16 rings (SSSR count). The van der Waals surface area contributed by atoms with E-state index in [4.69, 9.17) is 27.9 Å². The van der Waals surface area contributed by atoms with Gasteiger partial charge in [-0.05, 0) is 265 Å². The van der Waals surface area contributed by atoms with Crippen molar-refractivity contribution in [1.29, 1.82) is 0 Å². The number of hydrogen-bond donors (Lipinski definition) is 6. The Morgan fingerprint density at radius 3 is 1.38 bits per heavy atom. The standard InChI is InChI=1S/C52H57ClF2N6O5S2.C52H60ClFN6O5S3/c1-34-32-43(18-20-45(34)56-39(33-67-42-8-6-5-7-9-42)22-25-59-26-23-41(62)24-27-59)68(64,65)57-38-14-16-40(17-15-38)60-28-30-61(31-29-60)46-21-19-44(54)48(50(46)55)49-47(52(63)66-4)35(2)58(3)51(49)36-10-12-37(53)13-11-36;1-36-31-47(19-20-48(36)55-43(35-66-46-9-7-6-8-10-46)21-24-58-25-22-52(3,61)23-26-58)68(64,65)56-42-15-17-44(18-16-42)59-27-29-60(30-28-59)45-33-39(32-41(54)34-45)49-50(38-11-13-40(53)14-12-38)57(4)37(2)51(49)67(5,62)63/h5-21,32,39,41,56-57,62H,22-31,33H2,1-4H3;6-20,31-34,43,55-56,61H,21-30,35H2,1-5H3/t39-;43-/m11/s1. The van der Waals surface area contributed by atoms with Crippen LogP contribution in [0.3, 0.4) is 0 Å². The molecule has 0 amide bonds. The number of nitrogens with zero attached hydrogens (tertiary/aromatic N) is 8. The molecule has 0 radical (unpaired) electrons. The van der Waals surface area contributed by atoms with Crippen LogP contribution in [0.5, 0.6) is 0 Å². The zero-order valence-corrected chi connectivity index (χ0v) is 83.4. The maximum atomic E-state index is 16.9. The quantitative estimate of drug-likeness (QED) is 0.0169. The molecule has 22 nitrogen and oxygen atoms in total. The summed E-state index contributed by atoms with van der Waals surface area (Å²) in [5.74, 6) is -1.09. The molecule has 12 aromatic rings. The maximum absolute atomic E-state index is 16.9. The Morgan fingerprint density at radius 1 is 0.500 bits per heavy atom. The molecule has 718 valence electrons. The van der Waals surface area contributed by atoms with E-state index in [9.17, 15) is 40.3 Å². The van der Waals surface area contributed by atoms with Gasteiger partial charge in [-0.25, -0.2) is 43.2 Å². The molecule has 0 bridgehead atoms. The van der Waals surface area contributed by atoms with Crippen molar-refractivity contribution < 1.29 is 58.2 Å². The second-order valence-electron chi connectivity index (χ2n) is 35.8. The summed E-state index contributed by atoms with van der Waals surface area (Å²) in [6, 6.07) is 67.1. The molecule has 136 heavy (non-hydrogen) atoms. The van der Waals surface area contributed by atoms with Crippen molar-refractivity contribution in [2.75, 3.05) is 156 Å². The average molecular weight is 1980 g/mol. The van der Waals surface area contributed by atoms with Gasteiger partial charge in [-0.3, -0.25) is 9.44 Å². The van der Waals surface area contributed by atoms with Gasteiger partial charge in [0, 0.05) is 218 Å². The zero-order valence-electron chi connectivity index (χ0n) is 77.8. The fraction of sp³-hybridized carbons (Fsp3) is 0.337. The summed E-state index contributed by atoms with van der Waals surface area (Å²) in [4.78, 5) is 29.2. The minimum absolute atomic E-state index is 0.0759. The van der Waals surface area contributed by atoms with Gasteiger partial charge in [0.15, 0.2) is 15.7 Å². The van der Waals surface area contributed by atoms with E-state index in [0.29, 0.717) is 119 Å². The molecule has 4 saturated heterocycles. The number of piperidine rings is 2. The molecule has 6 N–H and O–H groups in total. The predicted octanol–water partition coefficient (Wildman–Crippen LogP) is 20.4. The molecule has 2 aromatic heterocycles. The van der Waals surface area contributed by atoms with E-state index < -0.39 is 58.9 Å². The molecule has 10 aromatic carbocycles. The highest BCUT2D eigenvalue weighted by molar-refractivity contribution is 7.99. The van der Waals surface area contributed by atoms with Gasteiger partial charge in [0.25, 0.3) is 20.0 Å². The van der Waals surface area contributed by atoms with Crippen LogP contribution in [0.1, 0.15) is 78.3 Å². The summed E-state index contributed by atoms with van der Waals surface area (Å²) < 4.78 is 144. The van der Waals surface area contributed by atoms with Crippen LogP contribution >= 0.6 is 46.7 Å². The number of nitrogens with one attached hydrogen (secondary N) is 4. The van der Waals surface area contributed by atoms with Crippen molar-refractivity contribution in [2.24, 2.45) is 14.1 Å². The summed E-state index contributed by atoms with van der Waals surface area (Å²) in [5, 5.41) is 28.9. The first kappa shape index (κ1) is 99.9. The summed E-state index contributed by atoms with van der Waals surface area (Å²) in [6.45, 7) is 18.8. The molecule has 0 saturated carbocycles. The van der Waals surface area contributed by atoms with Crippen molar-refractivity contribution in [2.45, 2.75) is 121 Å². The highest BCUT2D eigenvalue weighted by Gasteiger charge is 2.36. The normalized spacial score (nSPS) is 15.8. The smallest absolute Gasteiger partial charge is 0.340 e. The maximum Gasteiger partial charge on any atom is 0.340 e. The van der Waals surface area contributed by atoms with Crippen LogP contribution in [0.25, 0.3) is 44.8 Å². The number of aliphatic hydroxyl groups excluding tert-OH is 1. The Kier molecular flexibility index (Phi) is 32.0. The van der Waals surface area contributed by atoms with Crippen LogP contribution in [0.15, 0.2) is 249 Å². The Bertz CT molecular complexity index is 6580. The predicted molar refractivity (Wildman–Crippen MR) is 548 cm³/mol. The van der Waals surface area contributed by atoms with E-state index >= 15 is 13.2 Å². The number of thioether (sulfide) groups is 2. The fourth-order valence-corrected chi connectivity index (χ4v) is 24.1. The number of benzene rings is 10. The van der Waals surface area contributed by atoms with E-state index in [1.54, 1.807) is 134 Å². The number of rotatable bonds is 32. The number of methoxy groups -OCH3 is 1. The number of carbonyl (C=O) groups is 1. The zero-order chi connectivity index (χ0) is 96.5. The van der Waals surface area contributed by atoms with Gasteiger partial charge in [0.1, 0.15) is 11.6 Å². The van der Waals surface area contributed by atoms with Crippen LogP contribution in [0.4, 0.5) is 58.7 Å². The molecule has 0 aliphatic carbocycles. The van der Waals surface area contributed by atoms with E-state index in [2.05, 4.69) is 68.8 Å². The molecule has 4 aliphatic heterocycles. The number of esters is 1. The highest BCUT2D eigenvalue weighted by atomic mass is 35.5. The molecular formula is C104H117Cl2F3N12O10S5. The summed E-state index contributed by atoms with van der Waals surface area (Å²) in [6.07, 6.45) is 5.88. The molecular weight excluding hydrogens is 1870 g/mol. The van der Waals surface area contributed by atoms with Gasteiger partial charge in [-0.2, -0.15) is 0 Å². The second kappa shape index (κ2) is 43.6. The van der Waals surface area contributed by atoms with Crippen molar-refractivity contribution in [3.63, 3.8) is 0 Å². The first-order valence-electron chi connectivity index (χ1n) is 45.7. The second-order valence-corrected chi connectivity index (χ2v) is 44.2. The fourth-order valence-electron chi connectivity index (χ4n) is 18.3. The monoisotopic (exact) mass is 1980 g/mol. The van der Waals surface area contributed by atoms with Crippen LogP contribution in [-0.4, -0.2) is 201 Å².